The number of carbonyl (C=O) groups is 1. The van der Waals surface area contributed by atoms with E-state index in [-0.39, 0.29) is 23.1 Å². The number of thioether (sulfide) groups is 1. The van der Waals surface area contributed by atoms with Crippen molar-refractivity contribution in [2.75, 3.05) is 24.6 Å². The van der Waals surface area contributed by atoms with Gasteiger partial charge in [0.15, 0.2) is 5.16 Å². The van der Waals surface area contributed by atoms with Gasteiger partial charge in [0.05, 0.1) is 5.25 Å². The first kappa shape index (κ1) is 14.8. The summed E-state index contributed by atoms with van der Waals surface area (Å²) in [7, 11) is 0. The number of anilines is 2. The van der Waals surface area contributed by atoms with Crippen LogP contribution in [0.1, 0.15) is 32.6 Å². The topological polar surface area (TPSA) is 111 Å². The lowest BCUT2D eigenvalue weighted by Gasteiger charge is -2.23. The van der Waals surface area contributed by atoms with E-state index in [4.69, 9.17) is 11.5 Å². The highest BCUT2D eigenvalue weighted by Gasteiger charge is 2.23. The lowest BCUT2D eigenvalue weighted by molar-refractivity contribution is -0.130. The molecule has 110 valence electrons. The van der Waals surface area contributed by atoms with Crippen molar-refractivity contribution >= 4 is 29.6 Å². The van der Waals surface area contributed by atoms with Gasteiger partial charge in [0.25, 0.3) is 0 Å². The third kappa shape index (κ3) is 3.96. The van der Waals surface area contributed by atoms with Crippen LogP contribution in [0.25, 0.3) is 0 Å². The minimum Gasteiger partial charge on any atom is -0.368 e. The molecule has 4 N–H and O–H groups in total. The highest BCUT2D eigenvalue weighted by molar-refractivity contribution is 8.00. The molecule has 1 saturated heterocycles. The molecule has 1 aliphatic heterocycles. The van der Waals surface area contributed by atoms with Gasteiger partial charge in [0.2, 0.25) is 17.8 Å². The number of likely N-dealkylation sites (tertiary alicyclic amines) is 1. The van der Waals surface area contributed by atoms with Crippen molar-refractivity contribution < 1.29 is 4.79 Å². The van der Waals surface area contributed by atoms with Gasteiger partial charge < -0.3 is 16.4 Å². The van der Waals surface area contributed by atoms with E-state index in [2.05, 4.69) is 15.0 Å². The maximum atomic E-state index is 12.4. The number of hydrogen-bond donors (Lipinski definition) is 2. The molecule has 7 nitrogen and oxygen atoms in total. The zero-order valence-electron chi connectivity index (χ0n) is 11.6. The molecule has 1 aromatic heterocycles. The molecule has 0 aliphatic carbocycles. The number of nitrogens with zero attached hydrogens (tertiary/aromatic N) is 4. The van der Waals surface area contributed by atoms with Gasteiger partial charge in [-0.15, -0.1) is 0 Å². The molecular formula is C12H20N6OS. The van der Waals surface area contributed by atoms with E-state index in [1.54, 1.807) is 0 Å². The monoisotopic (exact) mass is 296 g/mol. The third-order valence-corrected chi connectivity index (χ3v) is 4.15. The molecule has 1 aliphatic rings. The number of aromatic nitrogens is 3. The quantitative estimate of drug-likeness (QED) is 0.798. The molecule has 0 aromatic carbocycles. The summed E-state index contributed by atoms with van der Waals surface area (Å²) in [6.07, 6.45) is 4.56. The first-order valence-corrected chi connectivity index (χ1v) is 7.66. The molecule has 0 bridgehead atoms. The van der Waals surface area contributed by atoms with Gasteiger partial charge in [-0.2, -0.15) is 15.0 Å². The van der Waals surface area contributed by atoms with Crippen molar-refractivity contribution in [2.24, 2.45) is 0 Å². The Balaban J connectivity index is 1.99. The molecular weight excluding hydrogens is 276 g/mol. The smallest absolute Gasteiger partial charge is 0.235 e. The van der Waals surface area contributed by atoms with Gasteiger partial charge in [-0.3, -0.25) is 4.79 Å². The van der Waals surface area contributed by atoms with Gasteiger partial charge in [-0.25, -0.2) is 0 Å². The molecule has 1 unspecified atom stereocenters. The SMILES string of the molecule is CC(Sc1nc(N)nc(N)n1)C(=O)N1CCCCCC1. The summed E-state index contributed by atoms with van der Waals surface area (Å²) in [6, 6.07) is 0. The van der Waals surface area contributed by atoms with Crippen molar-refractivity contribution in [2.45, 2.75) is 43.0 Å². The average molecular weight is 296 g/mol. The van der Waals surface area contributed by atoms with E-state index in [9.17, 15) is 4.79 Å². The lowest BCUT2D eigenvalue weighted by Crippen LogP contribution is -2.37. The van der Waals surface area contributed by atoms with Gasteiger partial charge >= 0.3 is 0 Å². The fraction of sp³-hybridized carbons (Fsp3) is 0.667. The Kier molecular flexibility index (Phi) is 4.99. The second kappa shape index (κ2) is 6.74. The van der Waals surface area contributed by atoms with E-state index < -0.39 is 0 Å². The largest absolute Gasteiger partial charge is 0.368 e. The Morgan fingerprint density at radius 2 is 1.65 bits per heavy atom. The minimum atomic E-state index is -0.255. The number of hydrogen-bond acceptors (Lipinski definition) is 7. The highest BCUT2D eigenvalue weighted by Crippen LogP contribution is 2.23. The van der Waals surface area contributed by atoms with E-state index in [0.717, 1.165) is 25.9 Å². The van der Waals surface area contributed by atoms with Crippen LogP contribution in [0.3, 0.4) is 0 Å². The Morgan fingerprint density at radius 3 is 2.20 bits per heavy atom. The second-order valence-corrected chi connectivity index (χ2v) is 6.14. The molecule has 1 fully saturated rings. The van der Waals surface area contributed by atoms with E-state index in [1.807, 2.05) is 11.8 Å². The van der Waals surface area contributed by atoms with Crippen LogP contribution in [0, 0.1) is 0 Å². The molecule has 2 rings (SSSR count). The Labute approximate surface area is 122 Å². The summed E-state index contributed by atoms with van der Waals surface area (Å²) >= 11 is 1.27. The van der Waals surface area contributed by atoms with Gasteiger partial charge in [-0.1, -0.05) is 24.6 Å². The minimum absolute atomic E-state index is 0.0782. The average Bonchev–Trinajstić information content (AvgIpc) is 2.65. The predicted octanol–water partition coefficient (Wildman–Crippen LogP) is 0.919. The first-order chi connectivity index (χ1) is 9.56. The number of carbonyl (C=O) groups excluding carboxylic acids is 1. The number of rotatable bonds is 3. The van der Waals surface area contributed by atoms with Crippen LogP contribution in [0.5, 0.6) is 0 Å². The maximum absolute atomic E-state index is 12.4. The number of amides is 1. The van der Waals surface area contributed by atoms with Crippen molar-refractivity contribution in [3.05, 3.63) is 0 Å². The standard InChI is InChI=1S/C12H20N6OS/c1-8(9(19)18-6-4-2-3-5-7-18)20-12-16-10(13)15-11(14)17-12/h8H,2-7H2,1H3,(H4,13,14,15,16,17). The molecule has 1 amide bonds. The molecule has 20 heavy (non-hydrogen) atoms. The Bertz CT molecular complexity index is 455. The molecule has 1 atom stereocenters. The summed E-state index contributed by atoms with van der Waals surface area (Å²) in [6.45, 7) is 3.53. The Morgan fingerprint density at radius 1 is 1.10 bits per heavy atom. The summed E-state index contributed by atoms with van der Waals surface area (Å²) in [5.74, 6) is 0.276. The van der Waals surface area contributed by atoms with E-state index in [1.165, 1.54) is 24.6 Å². The fourth-order valence-corrected chi connectivity index (χ4v) is 3.06. The number of nitrogens with two attached hydrogens (primary N) is 2. The van der Waals surface area contributed by atoms with Crippen LogP contribution in [0.15, 0.2) is 5.16 Å². The van der Waals surface area contributed by atoms with Gasteiger partial charge in [-0.05, 0) is 19.8 Å². The molecule has 0 spiro atoms. The summed E-state index contributed by atoms with van der Waals surface area (Å²) in [5, 5.41) is 0.139. The van der Waals surface area contributed by atoms with Crippen molar-refractivity contribution in [3.63, 3.8) is 0 Å². The van der Waals surface area contributed by atoms with Crippen LogP contribution in [0.4, 0.5) is 11.9 Å². The molecule has 2 heterocycles. The summed E-state index contributed by atoms with van der Waals surface area (Å²) in [4.78, 5) is 26.0. The van der Waals surface area contributed by atoms with Crippen LogP contribution in [-0.4, -0.2) is 44.1 Å². The zero-order valence-corrected chi connectivity index (χ0v) is 12.4. The second-order valence-electron chi connectivity index (χ2n) is 4.83. The van der Waals surface area contributed by atoms with Gasteiger partial charge in [0.1, 0.15) is 0 Å². The van der Waals surface area contributed by atoms with Crippen LogP contribution in [-0.2, 0) is 4.79 Å². The molecule has 8 heteroatoms. The zero-order chi connectivity index (χ0) is 14.5. The van der Waals surface area contributed by atoms with E-state index in [0.29, 0.717) is 5.16 Å². The van der Waals surface area contributed by atoms with Crippen LogP contribution in [0.2, 0.25) is 0 Å². The summed E-state index contributed by atoms with van der Waals surface area (Å²) < 4.78 is 0. The Hall–Kier alpha value is -1.57. The van der Waals surface area contributed by atoms with Gasteiger partial charge in [0, 0.05) is 13.1 Å². The summed E-state index contributed by atoms with van der Waals surface area (Å²) in [5.41, 5.74) is 11.0. The van der Waals surface area contributed by atoms with Crippen LogP contribution >= 0.6 is 11.8 Å². The van der Waals surface area contributed by atoms with Crippen LogP contribution < -0.4 is 11.5 Å². The third-order valence-electron chi connectivity index (χ3n) is 3.20. The predicted molar refractivity (Wildman–Crippen MR) is 79.0 cm³/mol. The highest BCUT2D eigenvalue weighted by atomic mass is 32.2. The molecule has 0 radical (unpaired) electrons. The van der Waals surface area contributed by atoms with Crippen molar-refractivity contribution in [1.29, 1.82) is 0 Å². The maximum Gasteiger partial charge on any atom is 0.235 e. The van der Waals surface area contributed by atoms with E-state index >= 15 is 0 Å². The first-order valence-electron chi connectivity index (χ1n) is 6.79. The normalized spacial score (nSPS) is 17.6. The van der Waals surface area contributed by atoms with Crippen molar-refractivity contribution in [1.82, 2.24) is 19.9 Å². The molecule has 0 saturated carbocycles. The van der Waals surface area contributed by atoms with Crippen molar-refractivity contribution in [3.8, 4) is 0 Å². The lowest BCUT2D eigenvalue weighted by atomic mass is 10.2. The number of nitrogen functional groups attached to an aromatic ring is 2. The molecule has 1 aromatic rings. The fourth-order valence-electron chi connectivity index (χ4n) is 2.20.